The van der Waals surface area contributed by atoms with Gasteiger partial charge in [0.25, 0.3) is 0 Å². The third kappa shape index (κ3) is 2.20. The maximum Gasteiger partial charge on any atom is 0.156 e. The number of rotatable bonds is 2. The van der Waals surface area contributed by atoms with Gasteiger partial charge in [0, 0.05) is 6.04 Å². The van der Waals surface area contributed by atoms with Crippen LogP contribution in [0.2, 0.25) is 0 Å². The SMILES string of the molecule is CC1=NC2N=C([C@@H](C)N3CCCC3)C=CC2S1. The number of dihydropyridines is 1. The van der Waals surface area contributed by atoms with Crippen molar-refractivity contribution < 1.29 is 0 Å². The minimum absolute atomic E-state index is 0.144. The fourth-order valence-electron chi connectivity index (χ4n) is 2.74. The maximum atomic E-state index is 4.82. The Morgan fingerprint density at radius 1 is 1.35 bits per heavy atom. The van der Waals surface area contributed by atoms with Gasteiger partial charge in [-0.25, -0.2) is 0 Å². The van der Waals surface area contributed by atoms with Crippen molar-refractivity contribution >= 4 is 22.5 Å². The molecule has 3 heterocycles. The van der Waals surface area contributed by atoms with E-state index in [1.807, 2.05) is 11.8 Å². The average molecular weight is 249 g/mol. The van der Waals surface area contributed by atoms with Gasteiger partial charge in [0.05, 0.1) is 16.0 Å². The first-order valence-corrected chi connectivity index (χ1v) is 7.33. The summed E-state index contributed by atoms with van der Waals surface area (Å²) in [6.07, 6.45) is 7.31. The van der Waals surface area contributed by atoms with Crippen molar-refractivity contribution in [2.24, 2.45) is 9.98 Å². The highest BCUT2D eigenvalue weighted by atomic mass is 32.2. The zero-order chi connectivity index (χ0) is 11.8. The Balaban J connectivity index is 1.75. The summed E-state index contributed by atoms with van der Waals surface area (Å²) in [6.45, 7) is 6.79. The first kappa shape index (κ1) is 11.5. The highest BCUT2D eigenvalue weighted by Gasteiger charge is 2.31. The molecule has 3 nitrogen and oxygen atoms in total. The van der Waals surface area contributed by atoms with E-state index in [9.17, 15) is 0 Å². The third-order valence-electron chi connectivity index (χ3n) is 3.77. The predicted octanol–water partition coefficient (Wildman–Crippen LogP) is 2.34. The van der Waals surface area contributed by atoms with Crippen LogP contribution in [-0.4, -0.2) is 46.2 Å². The molecule has 3 aliphatic rings. The Hall–Kier alpha value is -0.610. The van der Waals surface area contributed by atoms with E-state index in [0.717, 1.165) is 0 Å². The Morgan fingerprint density at radius 2 is 2.12 bits per heavy atom. The molecule has 0 aromatic heterocycles. The number of aliphatic imine (C=N–C) groups is 2. The van der Waals surface area contributed by atoms with E-state index in [-0.39, 0.29) is 6.17 Å². The molecule has 0 N–H and O–H groups in total. The average Bonchev–Trinajstić information content (AvgIpc) is 2.94. The van der Waals surface area contributed by atoms with Crippen LogP contribution in [0.4, 0.5) is 0 Å². The number of nitrogens with zero attached hydrogens (tertiary/aromatic N) is 3. The lowest BCUT2D eigenvalue weighted by molar-refractivity contribution is 0.314. The zero-order valence-corrected chi connectivity index (χ0v) is 11.3. The molecule has 0 spiro atoms. The molecule has 0 aromatic rings. The number of likely N-dealkylation sites (tertiary alicyclic amines) is 1. The molecule has 1 fully saturated rings. The molecule has 0 aliphatic carbocycles. The van der Waals surface area contributed by atoms with Gasteiger partial charge in [-0.2, -0.15) is 0 Å². The van der Waals surface area contributed by atoms with E-state index in [1.165, 1.54) is 36.7 Å². The molecule has 17 heavy (non-hydrogen) atoms. The van der Waals surface area contributed by atoms with Crippen molar-refractivity contribution in [2.75, 3.05) is 13.1 Å². The molecule has 92 valence electrons. The summed E-state index contributed by atoms with van der Waals surface area (Å²) in [5.74, 6) is 0. The second kappa shape index (κ2) is 4.58. The molecule has 0 aromatic carbocycles. The van der Waals surface area contributed by atoms with Crippen molar-refractivity contribution in [1.29, 1.82) is 0 Å². The van der Waals surface area contributed by atoms with Crippen LogP contribution < -0.4 is 0 Å². The molecule has 3 rings (SSSR count). The molecule has 3 atom stereocenters. The first-order chi connectivity index (χ1) is 8.24. The molecule has 2 unspecified atom stereocenters. The molecular formula is C13H19N3S. The van der Waals surface area contributed by atoms with E-state index in [4.69, 9.17) is 4.99 Å². The van der Waals surface area contributed by atoms with Gasteiger partial charge in [-0.05, 0) is 45.9 Å². The molecule has 0 amide bonds. The van der Waals surface area contributed by atoms with Gasteiger partial charge in [0.2, 0.25) is 0 Å². The second-order valence-electron chi connectivity index (χ2n) is 4.98. The fraction of sp³-hybridized carbons (Fsp3) is 0.692. The Morgan fingerprint density at radius 3 is 2.88 bits per heavy atom. The first-order valence-electron chi connectivity index (χ1n) is 6.45. The molecule has 4 heteroatoms. The lowest BCUT2D eigenvalue weighted by Gasteiger charge is -2.27. The molecule has 1 saturated heterocycles. The van der Waals surface area contributed by atoms with Crippen LogP contribution in [0.5, 0.6) is 0 Å². The molecule has 0 bridgehead atoms. The second-order valence-corrected chi connectivity index (χ2v) is 6.35. The van der Waals surface area contributed by atoms with E-state index < -0.39 is 0 Å². The summed E-state index contributed by atoms with van der Waals surface area (Å²) < 4.78 is 0. The summed E-state index contributed by atoms with van der Waals surface area (Å²) in [6, 6.07) is 0.454. The third-order valence-corrected chi connectivity index (χ3v) is 4.89. The highest BCUT2D eigenvalue weighted by molar-refractivity contribution is 8.14. The highest BCUT2D eigenvalue weighted by Crippen LogP contribution is 2.31. The monoisotopic (exact) mass is 249 g/mol. The summed E-state index contributed by atoms with van der Waals surface area (Å²) >= 11 is 1.84. The van der Waals surface area contributed by atoms with E-state index >= 15 is 0 Å². The quantitative estimate of drug-likeness (QED) is 0.751. The lowest BCUT2D eigenvalue weighted by Crippen LogP contribution is -2.38. The Bertz CT molecular complexity index is 393. The van der Waals surface area contributed by atoms with Crippen molar-refractivity contribution in [3.63, 3.8) is 0 Å². The minimum Gasteiger partial charge on any atom is -0.295 e. The van der Waals surface area contributed by atoms with Crippen molar-refractivity contribution in [2.45, 2.75) is 44.1 Å². The van der Waals surface area contributed by atoms with Crippen molar-refractivity contribution in [3.05, 3.63) is 12.2 Å². The molecule has 3 aliphatic heterocycles. The Labute approximate surface area is 107 Å². The van der Waals surface area contributed by atoms with Gasteiger partial charge in [-0.15, -0.1) is 0 Å². The van der Waals surface area contributed by atoms with Crippen LogP contribution in [0.15, 0.2) is 22.1 Å². The van der Waals surface area contributed by atoms with Gasteiger partial charge in [0.1, 0.15) is 0 Å². The van der Waals surface area contributed by atoms with Gasteiger partial charge >= 0.3 is 0 Å². The fourth-order valence-corrected chi connectivity index (χ4v) is 3.70. The van der Waals surface area contributed by atoms with Gasteiger partial charge < -0.3 is 0 Å². The molecule has 0 saturated carbocycles. The number of hydrogen-bond donors (Lipinski definition) is 0. The molecular weight excluding hydrogens is 230 g/mol. The largest absolute Gasteiger partial charge is 0.295 e. The summed E-state index contributed by atoms with van der Waals surface area (Å²) in [4.78, 5) is 11.9. The van der Waals surface area contributed by atoms with Crippen LogP contribution in [0.1, 0.15) is 26.7 Å². The minimum atomic E-state index is 0.144. The molecule has 0 radical (unpaired) electrons. The van der Waals surface area contributed by atoms with Gasteiger partial charge in [-0.1, -0.05) is 17.8 Å². The van der Waals surface area contributed by atoms with Crippen molar-refractivity contribution in [1.82, 2.24) is 4.90 Å². The Kier molecular flexibility index (Phi) is 3.09. The maximum absolute atomic E-state index is 4.82. The predicted molar refractivity (Wildman–Crippen MR) is 75.1 cm³/mol. The number of thioether (sulfide) groups is 1. The zero-order valence-electron chi connectivity index (χ0n) is 10.5. The summed E-state index contributed by atoms with van der Waals surface area (Å²) in [7, 11) is 0. The van der Waals surface area contributed by atoms with Crippen LogP contribution in [0.3, 0.4) is 0 Å². The normalized spacial score (nSPS) is 34.5. The van der Waals surface area contributed by atoms with E-state index in [1.54, 1.807) is 0 Å². The van der Waals surface area contributed by atoms with Crippen LogP contribution in [-0.2, 0) is 0 Å². The van der Waals surface area contributed by atoms with E-state index in [2.05, 4.69) is 35.9 Å². The topological polar surface area (TPSA) is 28.0 Å². The van der Waals surface area contributed by atoms with Gasteiger partial charge in [0.15, 0.2) is 6.17 Å². The standard InChI is InChI=1S/C13H19N3S/c1-9(16-7-3-4-8-16)11-5-6-12-13(15-11)14-10(2)17-12/h5-6,9,12-13H,3-4,7-8H2,1-2H3/t9-,12?,13?/m1/s1. The summed E-state index contributed by atoms with van der Waals surface area (Å²) in [5.41, 5.74) is 1.22. The smallest absolute Gasteiger partial charge is 0.156 e. The van der Waals surface area contributed by atoms with E-state index in [0.29, 0.717) is 11.3 Å². The van der Waals surface area contributed by atoms with Crippen LogP contribution in [0, 0.1) is 0 Å². The van der Waals surface area contributed by atoms with Crippen LogP contribution >= 0.6 is 11.8 Å². The number of hydrogen-bond acceptors (Lipinski definition) is 4. The van der Waals surface area contributed by atoms with Crippen LogP contribution in [0.25, 0.3) is 0 Å². The lowest BCUT2D eigenvalue weighted by atomic mass is 10.1. The van der Waals surface area contributed by atoms with Crippen molar-refractivity contribution in [3.8, 4) is 0 Å². The number of fused-ring (bicyclic) bond motifs is 1. The summed E-state index contributed by atoms with van der Waals surface area (Å²) in [5, 5.41) is 1.62. The van der Waals surface area contributed by atoms with Gasteiger partial charge in [-0.3, -0.25) is 14.9 Å².